The molecule has 2 amide bonds. The Balaban J connectivity index is 0.00000240. The highest BCUT2D eigenvalue weighted by Crippen LogP contribution is 2.29. The first-order valence-electron chi connectivity index (χ1n) is 9.38. The van der Waals surface area contributed by atoms with Gasteiger partial charge in [-0.2, -0.15) is 0 Å². The molecule has 0 radical (unpaired) electrons. The highest BCUT2D eigenvalue weighted by molar-refractivity contribution is 5.97. The van der Waals surface area contributed by atoms with Crippen LogP contribution in [0, 0.1) is 17.7 Å². The fourth-order valence-corrected chi connectivity index (χ4v) is 3.85. The summed E-state index contributed by atoms with van der Waals surface area (Å²) >= 11 is 0. The molecule has 2 fully saturated rings. The zero-order chi connectivity index (χ0) is 19.5. The maximum absolute atomic E-state index is 13.6. The molecule has 154 valence electrons. The monoisotopic (exact) mass is 419 g/mol. The molecule has 2 aromatic rings. The fraction of sp³-hybridized carbons (Fsp3) is 0.333. The zero-order valence-electron chi connectivity index (χ0n) is 15.8. The van der Waals surface area contributed by atoms with Crippen LogP contribution in [0.3, 0.4) is 0 Å². The third-order valence-corrected chi connectivity index (χ3v) is 5.30. The summed E-state index contributed by atoms with van der Waals surface area (Å²) in [5.41, 5.74) is 0.534. The first-order valence-corrected chi connectivity index (χ1v) is 9.38. The number of benzene rings is 2. The highest BCUT2D eigenvalue weighted by Gasteiger charge is 2.38. The van der Waals surface area contributed by atoms with Crippen LogP contribution in [0.1, 0.15) is 10.4 Å². The maximum Gasteiger partial charge on any atom is 0.262 e. The number of carbonyl (C=O) groups is 2. The number of carbonyl (C=O) groups excluding carboxylic acids is 2. The lowest BCUT2D eigenvalue weighted by molar-refractivity contribution is -0.118. The number of ether oxygens (including phenoxy) is 1. The van der Waals surface area contributed by atoms with Crippen LogP contribution in [-0.2, 0) is 4.79 Å². The van der Waals surface area contributed by atoms with E-state index in [1.54, 1.807) is 36.4 Å². The lowest BCUT2D eigenvalue weighted by Gasteiger charge is -2.19. The van der Waals surface area contributed by atoms with E-state index in [1.807, 2.05) is 4.90 Å². The first-order chi connectivity index (χ1) is 13.6. The molecule has 2 atom stereocenters. The number of nitrogens with zero attached hydrogens (tertiary/aromatic N) is 1. The Hall–Kier alpha value is -2.64. The van der Waals surface area contributed by atoms with Gasteiger partial charge in [-0.05, 0) is 36.1 Å². The summed E-state index contributed by atoms with van der Waals surface area (Å²) in [5.74, 6) is 0.271. The lowest BCUT2D eigenvalue weighted by atomic mass is 10.0. The summed E-state index contributed by atoms with van der Waals surface area (Å²) in [4.78, 5) is 26.9. The molecule has 2 saturated heterocycles. The van der Waals surface area contributed by atoms with Gasteiger partial charge in [-0.25, -0.2) is 4.39 Å². The van der Waals surface area contributed by atoms with Crippen LogP contribution in [0.15, 0.2) is 48.5 Å². The minimum absolute atomic E-state index is 0. The summed E-state index contributed by atoms with van der Waals surface area (Å²) in [6, 6.07) is 12.8. The normalized spacial score (nSPS) is 20.0. The van der Waals surface area contributed by atoms with Crippen molar-refractivity contribution >= 4 is 29.9 Å². The maximum atomic E-state index is 13.6. The number of amides is 2. The van der Waals surface area contributed by atoms with Crippen molar-refractivity contribution in [1.82, 2.24) is 10.2 Å². The average Bonchev–Trinajstić information content (AvgIpc) is 3.30. The number of hydrogen-bond donors (Lipinski definition) is 2. The van der Waals surface area contributed by atoms with Gasteiger partial charge in [-0.15, -0.1) is 12.4 Å². The van der Waals surface area contributed by atoms with E-state index < -0.39 is 11.7 Å². The van der Waals surface area contributed by atoms with Crippen molar-refractivity contribution in [3.05, 3.63) is 59.9 Å². The molecule has 0 spiro atoms. The number of halogens is 2. The highest BCUT2D eigenvalue weighted by atomic mass is 35.5. The molecule has 29 heavy (non-hydrogen) atoms. The van der Waals surface area contributed by atoms with E-state index in [1.165, 1.54) is 12.1 Å². The van der Waals surface area contributed by atoms with Crippen LogP contribution in [0.4, 0.5) is 10.1 Å². The number of para-hydroxylation sites is 2. The average molecular weight is 420 g/mol. The van der Waals surface area contributed by atoms with Crippen molar-refractivity contribution in [2.75, 3.05) is 38.1 Å². The minimum Gasteiger partial charge on any atom is -0.483 e. The molecular weight excluding hydrogens is 397 g/mol. The topological polar surface area (TPSA) is 70.7 Å². The molecule has 0 unspecified atom stereocenters. The van der Waals surface area contributed by atoms with Gasteiger partial charge in [0.05, 0.1) is 11.3 Å². The van der Waals surface area contributed by atoms with E-state index in [4.69, 9.17) is 4.74 Å². The van der Waals surface area contributed by atoms with Gasteiger partial charge in [-0.1, -0.05) is 24.3 Å². The minimum atomic E-state index is -0.513. The molecular formula is C21H23ClFN3O3. The van der Waals surface area contributed by atoms with E-state index >= 15 is 0 Å². The quantitative estimate of drug-likeness (QED) is 0.781. The molecule has 2 aromatic carbocycles. The lowest BCUT2D eigenvalue weighted by Crippen LogP contribution is -2.32. The molecule has 2 aliphatic heterocycles. The zero-order valence-corrected chi connectivity index (χ0v) is 16.6. The Labute approximate surface area is 174 Å². The summed E-state index contributed by atoms with van der Waals surface area (Å²) < 4.78 is 19.2. The van der Waals surface area contributed by atoms with Gasteiger partial charge < -0.3 is 20.3 Å². The number of nitrogens with one attached hydrogen (secondary N) is 2. The number of hydrogen-bond acceptors (Lipinski definition) is 4. The summed E-state index contributed by atoms with van der Waals surface area (Å²) in [5, 5.41) is 5.83. The van der Waals surface area contributed by atoms with Crippen LogP contribution in [-0.4, -0.2) is 49.5 Å². The Kier molecular flexibility index (Phi) is 6.71. The molecule has 2 N–H and O–H groups in total. The van der Waals surface area contributed by atoms with Gasteiger partial charge in [0.2, 0.25) is 0 Å². The van der Waals surface area contributed by atoms with Gasteiger partial charge in [0, 0.05) is 26.2 Å². The summed E-state index contributed by atoms with van der Waals surface area (Å²) in [7, 11) is 0. The fourth-order valence-electron chi connectivity index (χ4n) is 3.85. The second kappa shape index (κ2) is 9.24. The second-order valence-electron chi connectivity index (χ2n) is 7.20. The Bertz CT molecular complexity index is 883. The smallest absolute Gasteiger partial charge is 0.262 e. The van der Waals surface area contributed by atoms with Gasteiger partial charge in [0.15, 0.2) is 6.61 Å². The van der Waals surface area contributed by atoms with Crippen LogP contribution < -0.4 is 15.4 Å². The third-order valence-electron chi connectivity index (χ3n) is 5.30. The van der Waals surface area contributed by atoms with E-state index in [0.29, 0.717) is 23.1 Å². The van der Waals surface area contributed by atoms with E-state index in [2.05, 4.69) is 10.6 Å². The predicted molar refractivity (Wildman–Crippen MR) is 110 cm³/mol. The summed E-state index contributed by atoms with van der Waals surface area (Å²) in [6.45, 7) is 3.05. The largest absolute Gasteiger partial charge is 0.483 e. The van der Waals surface area contributed by atoms with E-state index in [0.717, 1.165) is 26.2 Å². The van der Waals surface area contributed by atoms with Crippen molar-refractivity contribution in [2.24, 2.45) is 11.8 Å². The van der Waals surface area contributed by atoms with Crippen LogP contribution in [0.25, 0.3) is 0 Å². The molecule has 0 aromatic heterocycles. The van der Waals surface area contributed by atoms with Crippen LogP contribution in [0.5, 0.6) is 5.75 Å². The third kappa shape index (κ3) is 4.68. The van der Waals surface area contributed by atoms with Crippen molar-refractivity contribution in [1.29, 1.82) is 0 Å². The number of anilines is 1. The molecule has 8 heteroatoms. The Morgan fingerprint density at radius 1 is 1.07 bits per heavy atom. The van der Waals surface area contributed by atoms with Crippen molar-refractivity contribution in [2.45, 2.75) is 0 Å². The molecule has 0 aliphatic carbocycles. The van der Waals surface area contributed by atoms with E-state index in [9.17, 15) is 14.0 Å². The number of fused-ring (bicyclic) bond motifs is 1. The number of likely N-dealkylation sites (tertiary alicyclic amines) is 1. The Morgan fingerprint density at radius 2 is 1.72 bits per heavy atom. The van der Waals surface area contributed by atoms with Crippen LogP contribution in [0.2, 0.25) is 0 Å². The standard InChI is InChI=1S/C21H22FN3O3.ClH/c22-17-6-2-3-7-18(17)24-20(26)13-28-19-8-4-1-5-16(19)21(27)25-11-14-9-23-10-15(14)12-25;/h1-8,14-15,23H,9-13H2,(H,24,26);1H/t14-,15+;. The first kappa shape index (κ1) is 21.1. The predicted octanol–water partition coefficient (Wildman–Crippen LogP) is 2.56. The van der Waals surface area contributed by atoms with Gasteiger partial charge in [0.25, 0.3) is 11.8 Å². The molecule has 0 bridgehead atoms. The van der Waals surface area contributed by atoms with E-state index in [-0.39, 0.29) is 30.6 Å². The van der Waals surface area contributed by atoms with Crippen molar-refractivity contribution in [3.8, 4) is 5.75 Å². The molecule has 4 rings (SSSR count). The van der Waals surface area contributed by atoms with Crippen molar-refractivity contribution in [3.63, 3.8) is 0 Å². The Morgan fingerprint density at radius 3 is 2.45 bits per heavy atom. The summed E-state index contributed by atoms with van der Waals surface area (Å²) in [6.07, 6.45) is 0. The molecule has 2 heterocycles. The van der Waals surface area contributed by atoms with Crippen molar-refractivity contribution < 1.29 is 18.7 Å². The van der Waals surface area contributed by atoms with Crippen LogP contribution >= 0.6 is 12.4 Å². The molecule has 6 nitrogen and oxygen atoms in total. The SMILES string of the molecule is Cl.O=C(COc1ccccc1C(=O)N1C[C@H]2CNC[C@H]2C1)Nc1ccccc1F. The van der Waals surface area contributed by atoms with Gasteiger partial charge in [-0.3, -0.25) is 9.59 Å². The molecule has 0 saturated carbocycles. The number of rotatable bonds is 5. The van der Waals surface area contributed by atoms with Gasteiger partial charge in [0.1, 0.15) is 11.6 Å². The second-order valence-corrected chi connectivity index (χ2v) is 7.20. The molecule has 2 aliphatic rings. The van der Waals surface area contributed by atoms with Gasteiger partial charge >= 0.3 is 0 Å².